The third kappa shape index (κ3) is 3.10. The molecule has 2 fully saturated rings. The van der Waals surface area contributed by atoms with Crippen molar-refractivity contribution in [2.24, 2.45) is 11.8 Å². The molecule has 8 nitrogen and oxygen atoms in total. The number of fused-ring (bicyclic) bond motifs is 5. The Morgan fingerprint density at radius 3 is 2.50 bits per heavy atom. The number of nitrogens with zero attached hydrogens (tertiary/aromatic N) is 1. The normalized spacial score (nSPS) is 25.8. The van der Waals surface area contributed by atoms with Crippen LogP contribution in [0.1, 0.15) is 16.7 Å². The van der Waals surface area contributed by atoms with Crippen molar-refractivity contribution in [3.05, 3.63) is 95.7 Å². The van der Waals surface area contributed by atoms with Gasteiger partial charge in [-0.2, -0.15) is 0 Å². The lowest BCUT2D eigenvalue weighted by Crippen LogP contribution is -2.53. The molecule has 3 aliphatic heterocycles. The highest BCUT2D eigenvalue weighted by atomic mass is 16.5. The fraction of sp³-hybridized carbons (Fsp3) is 0.233. The third-order valence-corrected chi connectivity index (χ3v) is 8.33. The summed E-state index contributed by atoms with van der Waals surface area (Å²) in [5, 5.41) is 7.55. The van der Waals surface area contributed by atoms with Crippen molar-refractivity contribution in [3.63, 3.8) is 0 Å². The van der Waals surface area contributed by atoms with Gasteiger partial charge in [0.15, 0.2) is 0 Å². The quantitative estimate of drug-likeness (QED) is 0.360. The zero-order valence-corrected chi connectivity index (χ0v) is 20.7. The van der Waals surface area contributed by atoms with Crippen LogP contribution < -0.4 is 15.4 Å². The maximum absolute atomic E-state index is 14.1. The summed E-state index contributed by atoms with van der Waals surface area (Å²) in [5.41, 5.74) is 2.94. The minimum absolute atomic E-state index is 0.147. The molecule has 38 heavy (non-hydrogen) atoms. The number of benzene rings is 3. The molecular formula is C30H26N4O4. The van der Waals surface area contributed by atoms with Crippen molar-refractivity contribution in [3.8, 4) is 5.75 Å². The molecule has 4 aromatic rings. The van der Waals surface area contributed by atoms with Gasteiger partial charge in [0, 0.05) is 34.4 Å². The van der Waals surface area contributed by atoms with Crippen LogP contribution in [0.25, 0.3) is 10.9 Å². The Balaban J connectivity index is 1.31. The molecule has 0 bridgehead atoms. The standard InChI is InChI=1S/C30H26N4O4/c1-38-19-12-10-17(11-13-19)16-34-27(35)25-24(14-18-15-31-22-8-4-2-6-20(18)22)33-30(26(25)28(34)36)21-7-3-5-9-23(21)32-29(30)37/h2-13,15,24-26,31,33H,14,16H2,1H3,(H,32,37). The van der Waals surface area contributed by atoms with Crippen molar-refractivity contribution in [2.75, 3.05) is 12.4 Å². The molecule has 190 valence electrons. The van der Waals surface area contributed by atoms with Crippen molar-refractivity contribution in [1.29, 1.82) is 0 Å². The second-order valence-corrected chi connectivity index (χ2v) is 10.2. The maximum Gasteiger partial charge on any atom is 0.250 e. The largest absolute Gasteiger partial charge is 0.497 e. The van der Waals surface area contributed by atoms with E-state index in [0.29, 0.717) is 23.4 Å². The number of ether oxygens (including phenoxy) is 1. The van der Waals surface area contributed by atoms with E-state index in [1.165, 1.54) is 4.90 Å². The van der Waals surface area contributed by atoms with E-state index in [1.807, 2.05) is 79.0 Å². The minimum atomic E-state index is -1.31. The number of carbonyl (C=O) groups is 3. The molecule has 1 aromatic heterocycles. The molecule has 3 N–H and O–H groups in total. The number of amides is 3. The summed E-state index contributed by atoms with van der Waals surface area (Å²) in [4.78, 5) is 46.3. The first-order valence-electron chi connectivity index (χ1n) is 12.7. The average Bonchev–Trinajstić information content (AvgIpc) is 3.65. The summed E-state index contributed by atoms with van der Waals surface area (Å²) in [6.45, 7) is 0.147. The van der Waals surface area contributed by atoms with Gasteiger partial charge in [0.25, 0.3) is 0 Å². The molecule has 8 heteroatoms. The Morgan fingerprint density at radius 2 is 1.68 bits per heavy atom. The first-order valence-corrected chi connectivity index (χ1v) is 12.7. The Bertz CT molecular complexity index is 1610. The molecule has 7 rings (SSSR count). The smallest absolute Gasteiger partial charge is 0.250 e. The predicted octanol–water partition coefficient (Wildman–Crippen LogP) is 3.34. The van der Waals surface area contributed by atoms with Gasteiger partial charge in [-0.1, -0.05) is 48.5 Å². The van der Waals surface area contributed by atoms with Crippen LogP contribution in [-0.2, 0) is 32.9 Å². The minimum Gasteiger partial charge on any atom is -0.497 e. The van der Waals surface area contributed by atoms with Gasteiger partial charge >= 0.3 is 0 Å². The molecule has 4 atom stereocenters. The summed E-state index contributed by atoms with van der Waals surface area (Å²) in [7, 11) is 1.59. The number of hydrogen-bond acceptors (Lipinski definition) is 5. The molecule has 1 spiro atoms. The van der Waals surface area contributed by atoms with Crippen molar-refractivity contribution < 1.29 is 19.1 Å². The monoisotopic (exact) mass is 506 g/mol. The van der Waals surface area contributed by atoms with Gasteiger partial charge < -0.3 is 15.0 Å². The lowest BCUT2D eigenvalue weighted by Gasteiger charge is -2.29. The average molecular weight is 507 g/mol. The van der Waals surface area contributed by atoms with E-state index in [0.717, 1.165) is 22.0 Å². The number of H-pyrrole nitrogens is 1. The number of anilines is 1. The zero-order chi connectivity index (χ0) is 26.0. The summed E-state index contributed by atoms with van der Waals surface area (Å²) in [5.74, 6) is -1.68. The van der Waals surface area contributed by atoms with Crippen LogP contribution >= 0.6 is 0 Å². The molecule has 0 aliphatic carbocycles. The third-order valence-electron chi connectivity index (χ3n) is 8.33. The Hall–Kier alpha value is -4.43. The summed E-state index contributed by atoms with van der Waals surface area (Å²) < 4.78 is 5.24. The number of hydrogen-bond donors (Lipinski definition) is 3. The SMILES string of the molecule is COc1ccc(CN2C(=O)C3C(Cc4c[nH]c5ccccc45)NC4(C(=O)Nc5ccccc54)C3C2=O)cc1. The molecule has 3 aliphatic rings. The number of para-hydroxylation sites is 2. The number of aromatic nitrogens is 1. The first-order chi connectivity index (χ1) is 18.5. The molecule has 3 aromatic carbocycles. The summed E-state index contributed by atoms with van der Waals surface area (Å²) >= 11 is 0. The van der Waals surface area contributed by atoms with Gasteiger partial charge in [-0.3, -0.25) is 24.6 Å². The second-order valence-electron chi connectivity index (χ2n) is 10.2. The molecular weight excluding hydrogens is 480 g/mol. The molecule has 2 saturated heterocycles. The number of rotatable bonds is 5. The topological polar surface area (TPSA) is 104 Å². The van der Waals surface area contributed by atoms with E-state index >= 15 is 0 Å². The highest BCUT2D eigenvalue weighted by Gasteiger charge is 2.70. The van der Waals surface area contributed by atoms with Gasteiger partial charge in [-0.15, -0.1) is 0 Å². The van der Waals surface area contributed by atoms with Gasteiger partial charge in [-0.05, 0) is 41.8 Å². The Morgan fingerprint density at radius 1 is 0.921 bits per heavy atom. The lowest BCUT2D eigenvalue weighted by atomic mass is 9.76. The van der Waals surface area contributed by atoms with Crippen LogP contribution in [0.4, 0.5) is 5.69 Å². The molecule has 4 unspecified atom stereocenters. The van der Waals surface area contributed by atoms with Gasteiger partial charge in [0.1, 0.15) is 11.3 Å². The number of aromatic amines is 1. The van der Waals surface area contributed by atoms with Crippen LogP contribution in [0.2, 0.25) is 0 Å². The lowest BCUT2D eigenvalue weighted by molar-refractivity contribution is -0.143. The van der Waals surface area contributed by atoms with Crippen LogP contribution in [0.5, 0.6) is 5.75 Å². The van der Waals surface area contributed by atoms with Gasteiger partial charge in [-0.25, -0.2) is 0 Å². The number of likely N-dealkylation sites (tertiary alicyclic amines) is 1. The molecule has 0 saturated carbocycles. The van der Waals surface area contributed by atoms with E-state index in [1.54, 1.807) is 7.11 Å². The van der Waals surface area contributed by atoms with Crippen LogP contribution in [0, 0.1) is 11.8 Å². The van der Waals surface area contributed by atoms with Crippen LogP contribution in [0.3, 0.4) is 0 Å². The van der Waals surface area contributed by atoms with Crippen molar-refractivity contribution >= 4 is 34.3 Å². The van der Waals surface area contributed by atoms with Crippen LogP contribution in [0.15, 0.2) is 79.0 Å². The highest BCUT2D eigenvalue weighted by molar-refractivity contribution is 6.15. The first kappa shape index (κ1) is 22.7. The van der Waals surface area contributed by atoms with E-state index in [4.69, 9.17) is 4.74 Å². The van der Waals surface area contributed by atoms with E-state index in [-0.39, 0.29) is 24.3 Å². The van der Waals surface area contributed by atoms with Crippen LogP contribution in [-0.4, -0.2) is 40.8 Å². The highest BCUT2D eigenvalue weighted by Crippen LogP contribution is 2.53. The number of imide groups is 1. The molecule has 3 amide bonds. The fourth-order valence-electron chi connectivity index (χ4n) is 6.60. The van der Waals surface area contributed by atoms with E-state index in [9.17, 15) is 14.4 Å². The number of carbonyl (C=O) groups excluding carboxylic acids is 3. The van der Waals surface area contributed by atoms with Gasteiger partial charge in [0.05, 0.1) is 25.5 Å². The number of methoxy groups -OCH3 is 1. The Labute approximate surface area is 219 Å². The maximum atomic E-state index is 14.1. The fourth-order valence-corrected chi connectivity index (χ4v) is 6.60. The van der Waals surface area contributed by atoms with E-state index < -0.39 is 23.4 Å². The van der Waals surface area contributed by atoms with Crippen molar-refractivity contribution in [1.82, 2.24) is 15.2 Å². The van der Waals surface area contributed by atoms with Crippen molar-refractivity contribution in [2.45, 2.75) is 24.5 Å². The molecule has 0 radical (unpaired) electrons. The summed E-state index contributed by atoms with van der Waals surface area (Å²) in [6.07, 6.45) is 2.45. The number of nitrogens with one attached hydrogen (secondary N) is 3. The molecule has 4 heterocycles. The summed E-state index contributed by atoms with van der Waals surface area (Å²) in [6, 6.07) is 22.3. The second kappa shape index (κ2) is 8.29. The Kier molecular flexibility index (Phi) is 4.96. The van der Waals surface area contributed by atoms with E-state index in [2.05, 4.69) is 15.6 Å². The van der Waals surface area contributed by atoms with Gasteiger partial charge in [0.2, 0.25) is 17.7 Å². The zero-order valence-electron chi connectivity index (χ0n) is 20.7. The predicted molar refractivity (Wildman–Crippen MR) is 141 cm³/mol.